The van der Waals surface area contributed by atoms with Crippen LogP contribution in [0.2, 0.25) is 0 Å². The molecule has 1 N–H and O–H groups in total. The van der Waals surface area contributed by atoms with E-state index < -0.39 is 0 Å². The van der Waals surface area contributed by atoms with E-state index in [4.69, 9.17) is 0 Å². The Morgan fingerprint density at radius 2 is 1.89 bits per heavy atom. The van der Waals surface area contributed by atoms with Gasteiger partial charge in [-0.25, -0.2) is 0 Å². The van der Waals surface area contributed by atoms with Crippen LogP contribution in [0.25, 0.3) is 0 Å². The minimum Gasteiger partial charge on any atom is -0.315 e. The van der Waals surface area contributed by atoms with Gasteiger partial charge in [-0.15, -0.1) is 0 Å². The van der Waals surface area contributed by atoms with E-state index in [1.165, 1.54) is 43.2 Å². The molecule has 0 amide bonds. The molecule has 0 aromatic heterocycles. The van der Waals surface area contributed by atoms with Gasteiger partial charge >= 0.3 is 0 Å². The average molecular weight is 260 g/mol. The maximum Gasteiger partial charge on any atom is 0.0249 e. The molecule has 1 fully saturated rings. The Morgan fingerprint density at radius 3 is 2.63 bits per heavy atom. The Labute approximate surface area is 118 Å². The zero-order chi connectivity index (χ0) is 13.7. The van der Waals surface area contributed by atoms with Crippen LogP contribution < -0.4 is 5.32 Å². The van der Waals surface area contributed by atoms with E-state index in [1.54, 1.807) is 0 Å². The highest BCUT2D eigenvalue weighted by atomic mass is 15.2. The van der Waals surface area contributed by atoms with Crippen LogP contribution in [0.4, 0.5) is 0 Å². The third-order valence-electron chi connectivity index (χ3n) is 4.60. The van der Waals surface area contributed by atoms with Crippen molar-refractivity contribution in [2.45, 2.75) is 57.7 Å². The highest BCUT2D eigenvalue weighted by Gasteiger charge is 2.25. The van der Waals surface area contributed by atoms with E-state index in [0.29, 0.717) is 12.1 Å². The molecule has 19 heavy (non-hydrogen) atoms. The lowest BCUT2D eigenvalue weighted by molar-refractivity contribution is 0.179. The van der Waals surface area contributed by atoms with E-state index in [-0.39, 0.29) is 0 Å². The SMILES string of the molecule is CNC1CCCCCC1N(C)Cc1ccccc1C. The monoisotopic (exact) mass is 260 g/mol. The van der Waals surface area contributed by atoms with Crippen molar-refractivity contribution in [3.05, 3.63) is 35.4 Å². The van der Waals surface area contributed by atoms with E-state index in [1.807, 2.05) is 0 Å². The van der Waals surface area contributed by atoms with E-state index in [2.05, 4.69) is 55.5 Å². The van der Waals surface area contributed by atoms with Crippen molar-refractivity contribution in [2.75, 3.05) is 14.1 Å². The summed E-state index contributed by atoms with van der Waals surface area (Å²) in [5, 5.41) is 3.53. The second-order valence-corrected chi connectivity index (χ2v) is 5.94. The number of hydrogen-bond donors (Lipinski definition) is 1. The highest BCUT2D eigenvalue weighted by Crippen LogP contribution is 2.23. The van der Waals surface area contributed by atoms with Gasteiger partial charge < -0.3 is 5.32 Å². The molecular weight excluding hydrogens is 232 g/mol. The van der Waals surface area contributed by atoms with Gasteiger partial charge in [0.2, 0.25) is 0 Å². The first-order chi connectivity index (χ1) is 9.22. The average Bonchev–Trinajstić information content (AvgIpc) is 2.66. The molecule has 1 aromatic rings. The summed E-state index contributed by atoms with van der Waals surface area (Å²) in [6.45, 7) is 3.28. The van der Waals surface area contributed by atoms with Gasteiger partial charge in [0.15, 0.2) is 0 Å². The number of aryl methyl sites for hydroxylation is 1. The van der Waals surface area contributed by atoms with Crippen molar-refractivity contribution in [1.82, 2.24) is 10.2 Å². The van der Waals surface area contributed by atoms with Crippen molar-refractivity contribution in [1.29, 1.82) is 0 Å². The lowest BCUT2D eigenvalue weighted by Crippen LogP contribution is -2.46. The maximum atomic E-state index is 3.53. The zero-order valence-corrected chi connectivity index (χ0v) is 12.7. The standard InChI is InChI=1S/C17H28N2/c1-14-9-7-8-10-15(14)13-19(3)17-12-6-4-5-11-16(17)18-2/h7-10,16-18H,4-6,11-13H2,1-3H3. The van der Waals surface area contributed by atoms with Gasteiger partial charge in [-0.1, -0.05) is 43.5 Å². The third kappa shape index (κ3) is 3.80. The Balaban J connectivity index is 2.04. The number of likely N-dealkylation sites (N-methyl/N-ethyl adjacent to an activating group) is 2. The Hall–Kier alpha value is -0.860. The van der Waals surface area contributed by atoms with Crippen LogP contribution >= 0.6 is 0 Å². The third-order valence-corrected chi connectivity index (χ3v) is 4.60. The molecule has 2 rings (SSSR count). The quantitative estimate of drug-likeness (QED) is 0.835. The molecule has 2 heteroatoms. The van der Waals surface area contributed by atoms with Crippen LogP contribution in [0.5, 0.6) is 0 Å². The molecule has 0 saturated heterocycles. The first kappa shape index (κ1) is 14.5. The van der Waals surface area contributed by atoms with Crippen molar-refractivity contribution in [2.24, 2.45) is 0 Å². The summed E-state index contributed by atoms with van der Waals surface area (Å²) in [4.78, 5) is 2.55. The normalized spacial score (nSPS) is 24.4. The summed E-state index contributed by atoms with van der Waals surface area (Å²) in [7, 11) is 4.40. The lowest BCUT2D eigenvalue weighted by atomic mass is 10.0. The Kier molecular flexibility index (Phi) is 5.41. The lowest BCUT2D eigenvalue weighted by Gasteiger charge is -2.33. The minimum absolute atomic E-state index is 0.650. The van der Waals surface area contributed by atoms with Crippen LogP contribution in [0.3, 0.4) is 0 Å². The van der Waals surface area contributed by atoms with Crippen LogP contribution in [-0.2, 0) is 6.54 Å². The number of nitrogens with one attached hydrogen (secondary N) is 1. The second kappa shape index (κ2) is 7.06. The fourth-order valence-corrected chi connectivity index (χ4v) is 3.33. The fraction of sp³-hybridized carbons (Fsp3) is 0.647. The highest BCUT2D eigenvalue weighted by molar-refractivity contribution is 5.25. The summed E-state index contributed by atoms with van der Waals surface area (Å²) >= 11 is 0. The molecule has 2 nitrogen and oxygen atoms in total. The molecule has 1 aliphatic rings. The molecule has 1 aromatic carbocycles. The number of hydrogen-bond acceptors (Lipinski definition) is 2. The van der Waals surface area contributed by atoms with Crippen molar-refractivity contribution in [3.63, 3.8) is 0 Å². The van der Waals surface area contributed by atoms with Crippen LogP contribution in [0.1, 0.15) is 43.2 Å². The number of nitrogens with zero attached hydrogens (tertiary/aromatic N) is 1. The molecule has 2 atom stereocenters. The van der Waals surface area contributed by atoms with Gasteiger partial charge in [0.25, 0.3) is 0 Å². The smallest absolute Gasteiger partial charge is 0.0249 e. The Morgan fingerprint density at radius 1 is 1.16 bits per heavy atom. The predicted molar refractivity (Wildman–Crippen MR) is 82.4 cm³/mol. The number of benzene rings is 1. The van der Waals surface area contributed by atoms with E-state index >= 15 is 0 Å². The summed E-state index contributed by atoms with van der Waals surface area (Å²) in [6.07, 6.45) is 6.79. The van der Waals surface area contributed by atoms with Gasteiger partial charge in [-0.05, 0) is 45.0 Å². The Bertz CT molecular complexity index is 389. The zero-order valence-electron chi connectivity index (χ0n) is 12.7. The molecule has 1 saturated carbocycles. The molecule has 0 radical (unpaired) electrons. The summed E-state index contributed by atoms with van der Waals surface area (Å²) in [6, 6.07) is 10.1. The largest absolute Gasteiger partial charge is 0.315 e. The van der Waals surface area contributed by atoms with Gasteiger partial charge in [0.1, 0.15) is 0 Å². The van der Waals surface area contributed by atoms with Crippen molar-refractivity contribution in [3.8, 4) is 0 Å². The van der Waals surface area contributed by atoms with Crippen LogP contribution in [-0.4, -0.2) is 31.1 Å². The fourth-order valence-electron chi connectivity index (χ4n) is 3.33. The van der Waals surface area contributed by atoms with Crippen molar-refractivity contribution >= 4 is 0 Å². The van der Waals surface area contributed by atoms with Gasteiger partial charge in [0.05, 0.1) is 0 Å². The van der Waals surface area contributed by atoms with Gasteiger partial charge in [-0.2, -0.15) is 0 Å². The molecule has 0 heterocycles. The molecule has 0 bridgehead atoms. The molecule has 2 unspecified atom stereocenters. The summed E-state index contributed by atoms with van der Waals surface area (Å²) in [5.74, 6) is 0. The van der Waals surface area contributed by atoms with Crippen LogP contribution in [0, 0.1) is 6.92 Å². The molecule has 0 spiro atoms. The summed E-state index contributed by atoms with van der Waals surface area (Å²) < 4.78 is 0. The second-order valence-electron chi connectivity index (χ2n) is 5.94. The number of rotatable bonds is 4. The molecule has 1 aliphatic carbocycles. The van der Waals surface area contributed by atoms with Crippen LogP contribution in [0.15, 0.2) is 24.3 Å². The minimum atomic E-state index is 0.650. The van der Waals surface area contributed by atoms with Crippen molar-refractivity contribution < 1.29 is 0 Å². The first-order valence-corrected chi connectivity index (χ1v) is 7.64. The predicted octanol–water partition coefficient (Wildman–Crippen LogP) is 3.35. The summed E-state index contributed by atoms with van der Waals surface area (Å²) in [5.41, 5.74) is 2.87. The van der Waals surface area contributed by atoms with Gasteiger partial charge in [-0.3, -0.25) is 4.90 Å². The van der Waals surface area contributed by atoms with Gasteiger partial charge in [0, 0.05) is 18.6 Å². The maximum absolute atomic E-state index is 3.53. The van der Waals surface area contributed by atoms with E-state index in [9.17, 15) is 0 Å². The van der Waals surface area contributed by atoms with E-state index in [0.717, 1.165) is 6.54 Å². The molecule has 106 valence electrons. The molecule has 0 aliphatic heterocycles. The topological polar surface area (TPSA) is 15.3 Å². The molecular formula is C17H28N2. The first-order valence-electron chi connectivity index (χ1n) is 7.64.